The molecular weight excluding hydrogens is 283 g/mol. The van der Waals surface area contributed by atoms with Crippen molar-refractivity contribution in [2.75, 3.05) is 0 Å². The van der Waals surface area contributed by atoms with Gasteiger partial charge in [0.2, 0.25) is 0 Å². The van der Waals surface area contributed by atoms with Gasteiger partial charge < -0.3 is 0 Å². The first-order valence-electron chi connectivity index (χ1n) is 5.10. The predicted octanol–water partition coefficient (Wildman–Crippen LogP) is 3.06. The number of carbonyl (C=O) groups is 1. The molecule has 0 amide bonds. The molecule has 0 radical (unpaired) electrons. The van der Waals surface area contributed by atoms with Gasteiger partial charge in [-0.15, -0.1) is 5.10 Å². The zero-order valence-corrected chi connectivity index (χ0v) is 10.3. The maximum atomic E-state index is 13.0. The number of rotatable bonds is 2. The lowest BCUT2D eigenvalue weighted by molar-refractivity contribution is -0.143. The highest BCUT2D eigenvalue weighted by molar-refractivity contribution is 6.31. The second kappa shape index (κ2) is 4.65. The average Bonchev–Trinajstić information content (AvgIpc) is 2.76. The Morgan fingerprint density at radius 2 is 2.05 bits per heavy atom. The molecule has 0 saturated heterocycles. The molecule has 0 N–H and O–H groups in total. The fraction of sp³-hybridized carbons (Fsp3) is 0.182. The van der Waals surface area contributed by atoms with Gasteiger partial charge in [-0.2, -0.15) is 13.2 Å². The van der Waals surface area contributed by atoms with E-state index in [4.69, 9.17) is 11.6 Å². The van der Waals surface area contributed by atoms with Gasteiger partial charge in [-0.3, -0.25) is 4.79 Å². The third-order valence-electron chi connectivity index (χ3n) is 2.54. The van der Waals surface area contributed by atoms with E-state index in [-0.39, 0.29) is 12.0 Å². The molecule has 0 spiro atoms. The first-order valence-corrected chi connectivity index (χ1v) is 5.47. The van der Waals surface area contributed by atoms with Gasteiger partial charge in [-0.1, -0.05) is 22.9 Å². The number of aldehydes is 1. The standard InChI is InChI=1S/C11H7ClF3N3O/c1-6-7(12)3-2-4-9(6)18-10(11(13,14)15)8(5-19)16-17-18/h2-5H,1H3. The molecule has 0 atom stereocenters. The van der Waals surface area contributed by atoms with Crippen molar-refractivity contribution in [3.63, 3.8) is 0 Å². The molecule has 1 aromatic heterocycles. The van der Waals surface area contributed by atoms with Crippen molar-refractivity contribution < 1.29 is 18.0 Å². The zero-order chi connectivity index (χ0) is 14.2. The normalized spacial score (nSPS) is 11.6. The number of hydrogen-bond donors (Lipinski definition) is 0. The first-order chi connectivity index (χ1) is 8.86. The minimum atomic E-state index is -4.74. The van der Waals surface area contributed by atoms with Crippen LogP contribution >= 0.6 is 11.6 Å². The van der Waals surface area contributed by atoms with Crippen LogP contribution in [0.4, 0.5) is 13.2 Å². The van der Waals surface area contributed by atoms with Crippen molar-refractivity contribution in [1.29, 1.82) is 0 Å². The number of aromatic nitrogens is 3. The van der Waals surface area contributed by atoms with Crippen LogP contribution in [0.25, 0.3) is 5.69 Å². The van der Waals surface area contributed by atoms with E-state index in [0.717, 1.165) is 0 Å². The van der Waals surface area contributed by atoms with Gasteiger partial charge in [0.1, 0.15) is 0 Å². The molecule has 0 aliphatic heterocycles. The summed E-state index contributed by atoms with van der Waals surface area (Å²) in [6, 6.07) is 4.46. The summed E-state index contributed by atoms with van der Waals surface area (Å²) >= 11 is 5.86. The largest absolute Gasteiger partial charge is 0.435 e. The molecule has 2 aromatic rings. The highest BCUT2D eigenvalue weighted by Gasteiger charge is 2.40. The van der Waals surface area contributed by atoms with Gasteiger partial charge in [0.05, 0.1) is 5.69 Å². The minimum Gasteiger partial charge on any atom is -0.296 e. The van der Waals surface area contributed by atoms with Crippen LogP contribution in [0.1, 0.15) is 21.7 Å². The Labute approximate surface area is 110 Å². The van der Waals surface area contributed by atoms with Gasteiger partial charge >= 0.3 is 6.18 Å². The number of halogens is 4. The van der Waals surface area contributed by atoms with Crippen molar-refractivity contribution in [3.05, 3.63) is 40.2 Å². The summed E-state index contributed by atoms with van der Waals surface area (Å²) in [6.07, 6.45) is -4.72. The lowest BCUT2D eigenvalue weighted by Gasteiger charge is -2.12. The fourth-order valence-electron chi connectivity index (χ4n) is 1.63. The van der Waals surface area contributed by atoms with Gasteiger partial charge in [0.25, 0.3) is 0 Å². The van der Waals surface area contributed by atoms with Crippen LogP contribution in [0, 0.1) is 6.92 Å². The van der Waals surface area contributed by atoms with Crippen molar-refractivity contribution in [2.24, 2.45) is 0 Å². The minimum absolute atomic E-state index is 0.0200. The smallest absolute Gasteiger partial charge is 0.296 e. The van der Waals surface area contributed by atoms with Crippen LogP contribution in [-0.2, 0) is 6.18 Å². The van der Waals surface area contributed by atoms with Crippen LogP contribution in [0.5, 0.6) is 0 Å². The molecule has 8 heteroatoms. The van der Waals surface area contributed by atoms with Crippen molar-refractivity contribution >= 4 is 17.9 Å². The summed E-state index contributed by atoms with van der Waals surface area (Å²) in [7, 11) is 0. The molecule has 2 rings (SSSR count). The summed E-state index contributed by atoms with van der Waals surface area (Å²) in [6.45, 7) is 1.56. The van der Waals surface area contributed by atoms with Crippen molar-refractivity contribution in [2.45, 2.75) is 13.1 Å². The lowest BCUT2D eigenvalue weighted by atomic mass is 10.2. The Kier molecular flexibility index (Phi) is 3.32. The number of alkyl halides is 3. The summed E-state index contributed by atoms with van der Waals surface area (Å²) in [5, 5.41) is 6.91. The molecule has 0 aliphatic rings. The summed E-state index contributed by atoms with van der Waals surface area (Å²) < 4.78 is 39.4. The molecule has 0 aliphatic carbocycles. The van der Waals surface area contributed by atoms with Crippen LogP contribution in [0.3, 0.4) is 0 Å². The van der Waals surface area contributed by atoms with Crippen LogP contribution in [0.2, 0.25) is 5.02 Å². The summed E-state index contributed by atoms with van der Waals surface area (Å²) in [5.74, 6) is 0. The lowest BCUT2D eigenvalue weighted by Crippen LogP contribution is -2.16. The van der Waals surface area contributed by atoms with E-state index in [0.29, 0.717) is 15.3 Å². The molecule has 100 valence electrons. The predicted molar refractivity (Wildman–Crippen MR) is 61.5 cm³/mol. The van der Waals surface area contributed by atoms with E-state index in [1.54, 1.807) is 13.0 Å². The highest BCUT2D eigenvalue weighted by atomic mass is 35.5. The molecule has 1 aromatic carbocycles. The number of hydrogen-bond acceptors (Lipinski definition) is 3. The van der Waals surface area contributed by atoms with Crippen molar-refractivity contribution in [3.8, 4) is 5.69 Å². The van der Waals surface area contributed by atoms with E-state index < -0.39 is 17.6 Å². The van der Waals surface area contributed by atoms with Crippen LogP contribution in [-0.4, -0.2) is 21.3 Å². The molecule has 0 saturated carbocycles. The Morgan fingerprint density at radius 3 is 2.63 bits per heavy atom. The van der Waals surface area contributed by atoms with Crippen LogP contribution in [0.15, 0.2) is 18.2 Å². The molecule has 4 nitrogen and oxygen atoms in total. The average molecular weight is 290 g/mol. The van der Waals surface area contributed by atoms with Gasteiger partial charge in [-0.25, -0.2) is 4.68 Å². The molecule has 0 bridgehead atoms. The zero-order valence-electron chi connectivity index (χ0n) is 9.57. The Morgan fingerprint density at radius 1 is 1.37 bits per heavy atom. The Hall–Kier alpha value is -1.89. The number of nitrogens with zero attached hydrogens (tertiary/aromatic N) is 3. The SMILES string of the molecule is Cc1c(Cl)cccc1-n1nnc(C=O)c1C(F)(F)F. The molecule has 19 heavy (non-hydrogen) atoms. The summed E-state index contributed by atoms with van der Waals surface area (Å²) in [5.41, 5.74) is -1.43. The van der Waals surface area contributed by atoms with Crippen molar-refractivity contribution in [1.82, 2.24) is 15.0 Å². The third-order valence-corrected chi connectivity index (χ3v) is 2.95. The Bertz CT molecular complexity index is 637. The van der Waals surface area contributed by atoms with E-state index in [9.17, 15) is 18.0 Å². The molecule has 0 fully saturated rings. The summed E-state index contributed by atoms with van der Waals surface area (Å²) in [4.78, 5) is 10.6. The second-order valence-corrected chi connectivity index (χ2v) is 4.14. The Balaban J connectivity index is 2.73. The maximum Gasteiger partial charge on any atom is 0.435 e. The quantitative estimate of drug-likeness (QED) is 0.798. The topological polar surface area (TPSA) is 47.8 Å². The van der Waals surface area contributed by atoms with Gasteiger partial charge in [-0.05, 0) is 24.6 Å². The highest BCUT2D eigenvalue weighted by Crippen LogP contribution is 2.33. The van der Waals surface area contributed by atoms with Gasteiger partial charge in [0.15, 0.2) is 17.7 Å². The van der Waals surface area contributed by atoms with E-state index in [1.807, 2.05) is 0 Å². The van der Waals surface area contributed by atoms with E-state index in [2.05, 4.69) is 10.3 Å². The monoisotopic (exact) mass is 289 g/mol. The van der Waals surface area contributed by atoms with Crippen LogP contribution < -0.4 is 0 Å². The van der Waals surface area contributed by atoms with E-state index >= 15 is 0 Å². The fourth-order valence-corrected chi connectivity index (χ4v) is 1.80. The molecular formula is C11H7ClF3N3O. The number of benzene rings is 1. The maximum absolute atomic E-state index is 13.0. The second-order valence-electron chi connectivity index (χ2n) is 3.73. The van der Waals surface area contributed by atoms with E-state index in [1.165, 1.54) is 12.1 Å². The number of carbonyl (C=O) groups excluding carboxylic acids is 1. The van der Waals surface area contributed by atoms with Gasteiger partial charge in [0, 0.05) is 5.02 Å². The third kappa shape index (κ3) is 2.33. The molecule has 1 heterocycles. The molecule has 0 unspecified atom stereocenters. The first kappa shape index (κ1) is 13.5.